The molecule has 1 aliphatic heterocycles. The van der Waals surface area contributed by atoms with Crippen LogP contribution in [0.5, 0.6) is 0 Å². The quantitative estimate of drug-likeness (QED) is 0.892. The second kappa shape index (κ2) is 6.39. The monoisotopic (exact) mass is 279 g/mol. The van der Waals surface area contributed by atoms with E-state index in [0.29, 0.717) is 11.7 Å². The van der Waals surface area contributed by atoms with Crippen molar-refractivity contribution in [3.8, 4) is 0 Å². The summed E-state index contributed by atoms with van der Waals surface area (Å²) >= 11 is 1.70. The number of hydrogen-bond acceptors (Lipinski definition) is 4. The summed E-state index contributed by atoms with van der Waals surface area (Å²) in [5, 5.41) is 3.06. The first-order chi connectivity index (χ1) is 9.11. The fourth-order valence-electron chi connectivity index (χ4n) is 2.19. The molecule has 1 fully saturated rings. The van der Waals surface area contributed by atoms with Crippen molar-refractivity contribution < 1.29 is 4.79 Å². The standard InChI is InChI=1S/C14H21N3OS/c1-10(2)17-7-12(8-17)16-14(18)13-11(9-19-3)5-4-6-15-13/h4-6,10,12H,7-9H2,1-3H3,(H,16,18). The highest BCUT2D eigenvalue weighted by Crippen LogP contribution is 2.15. The Labute approximate surface area is 119 Å². The SMILES string of the molecule is CSCc1cccnc1C(=O)NC1CN(C(C)C)C1. The number of hydrogen-bond donors (Lipinski definition) is 1. The van der Waals surface area contributed by atoms with E-state index in [0.717, 1.165) is 24.4 Å². The van der Waals surface area contributed by atoms with Crippen molar-refractivity contribution >= 4 is 17.7 Å². The number of rotatable bonds is 5. The van der Waals surface area contributed by atoms with Gasteiger partial charge in [0.1, 0.15) is 5.69 Å². The molecular formula is C14H21N3OS. The Hall–Kier alpha value is -1.07. The van der Waals surface area contributed by atoms with Crippen molar-refractivity contribution in [2.24, 2.45) is 0 Å². The van der Waals surface area contributed by atoms with Crippen LogP contribution in [0.4, 0.5) is 0 Å². The summed E-state index contributed by atoms with van der Waals surface area (Å²) in [5.41, 5.74) is 1.58. The van der Waals surface area contributed by atoms with E-state index >= 15 is 0 Å². The van der Waals surface area contributed by atoms with Crippen molar-refractivity contribution in [1.29, 1.82) is 0 Å². The van der Waals surface area contributed by atoms with Crippen LogP contribution >= 0.6 is 11.8 Å². The number of pyridine rings is 1. The summed E-state index contributed by atoms with van der Waals surface area (Å²) < 4.78 is 0. The van der Waals surface area contributed by atoms with Gasteiger partial charge in [0, 0.05) is 31.1 Å². The fourth-order valence-corrected chi connectivity index (χ4v) is 2.74. The van der Waals surface area contributed by atoms with E-state index in [9.17, 15) is 4.79 Å². The summed E-state index contributed by atoms with van der Waals surface area (Å²) in [4.78, 5) is 18.8. The van der Waals surface area contributed by atoms with Gasteiger partial charge in [-0.1, -0.05) is 6.07 Å². The number of carbonyl (C=O) groups is 1. The zero-order chi connectivity index (χ0) is 13.8. The van der Waals surface area contributed by atoms with Gasteiger partial charge < -0.3 is 5.32 Å². The van der Waals surface area contributed by atoms with Crippen LogP contribution in [0.25, 0.3) is 0 Å². The normalized spacial score (nSPS) is 16.4. The first-order valence-electron chi connectivity index (χ1n) is 6.59. The molecule has 1 aromatic rings. The van der Waals surface area contributed by atoms with E-state index in [1.165, 1.54) is 0 Å². The third kappa shape index (κ3) is 3.48. The van der Waals surface area contributed by atoms with E-state index in [-0.39, 0.29) is 11.9 Å². The molecule has 19 heavy (non-hydrogen) atoms. The van der Waals surface area contributed by atoms with E-state index in [2.05, 4.69) is 29.0 Å². The van der Waals surface area contributed by atoms with Gasteiger partial charge in [-0.05, 0) is 31.7 Å². The third-order valence-corrected chi connectivity index (χ3v) is 3.98. The van der Waals surface area contributed by atoms with Crippen molar-refractivity contribution in [1.82, 2.24) is 15.2 Å². The van der Waals surface area contributed by atoms with E-state index < -0.39 is 0 Å². The summed E-state index contributed by atoms with van der Waals surface area (Å²) in [6, 6.07) is 4.67. The van der Waals surface area contributed by atoms with Crippen LogP contribution in [0.2, 0.25) is 0 Å². The van der Waals surface area contributed by atoms with Gasteiger partial charge >= 0.3 is 0 Å². The van der Waals surface area contributed by atoms with Gasteiger partial charge in [-0.3, -0.25) is 14.7 Å². The average molecular weight is 279 g/mol. The molecule has 2 rings (SSSR count). The molecule has 2 heterocycles. The minimum atomic E-state index is -0.0435. The molecular weight excluding hydrogens is 258 g/mol. The molecule has 0 radical (unpaired) electrons. The van der Waals surface area contributed by atoms with Gasteiger partial charge in [-0.2, -0.15) is 11.8 Å². The van der Waals surface area contributed by atoms with Crippen molar-refractivity contribution in [3.05, 3.63) is 29.6 Å². The van der Waals surface area contributed by atoms with E-state index in [1.54, 1.807) is 18.0 Å². The second-order valence-corrected chi connectivity index (χ2v) is 6.03. The number of carbonyl (C=O) groups excluding carboxylic acids is 1. The molecule has 1 N–H and O–H groups in total. The minimum Gasteiger partial charge on any atom is -0.345 e. The van der Waals surface area contributed by atoms with Crippen molar-refractivity contribution in [2.75, 3.05) is 19.3 Å². The molecule has 0 unspecified atom stereocenters. The maximum absolute atomic E-state index is 12.2. The van der Waals surface area contributed by atoms with Crippen molar-refractivity contribution in [2.45, 2.75) is 31.7 Å². The first kappa shape index (κ1) is 14.3. The molecule has 5 heteroatoms. The average Bonchev–Trinajstić information content (AvgIpc) is 2.33. The van der Waals surface area contributed by atoms with Crippen LogP contribution < -0.4 is 5.32 Å². The Morgan fingerprint density at radius 3 is 2.95 bits per heavy atom. The smallest absolute Gasteiger partial charge is 0.270 e. The Morgan fingerprint density at radius 1 is 1.58 bits per heavy atom. The highest BCUT2D eigenvalue weighted by Gasteiger charge is 2.30. The highest BCUT2D eigenvalue weighted by molar-refractivity contribution is 7.97. The molecule has 0 saturated carbocycles. The number of thioether (sulfide) groups is 1. The largest absolute Gasteiger partial charge is 0.345 e. The zero-order valence-electron chi connectivity index (χ0n) is 11.7. The summed E-state index contributed by atoms with van der Waals surface area (Å²) in [5.74, 6) is 0.775. The molecule has 4 nitrogen and oxygen atoms in total. The molecule has 1 saturated heterocycles. The molecule has 0 bridgehead atoms. The maximum Gasteiger partial charge on any atom is 0.270 e. The lowest BCUT2D eigenvalue weighted by Gasteiger charge is -2.42. The van der Waals surface area contributed by atoms with Crippen molar-refractivity contribution in [3.63, 3.8) is 0 Å². The zero-order valence-corrected chi connectivity index (χ0v) is 12.5. The first-order valence-corrected chi connectivity index (χ1v) is 7.99. The third-order valence-electron chi connectivity index (χ3n) is 3.38. The van der Waals surface area contributed by atoms with Crippen LogP contribution in [0.15, 0.2) is 18.3 Å². The summed E-state index contributed by atoms with van der Waals surface area (Å²) in [7, 11) is 0. The predicted octanol–water partition coefficient (Wildman–Crippen LogP) is 1.77. The van der Waals surface area contributed by atoms with Gasteiger partial charge in [0.2, 0.25) is 0 Å². The maximum atomic E-state index is 12.2. The van der Waals surface area contributed by atoms with Gasteiger partial charge in [0.25, 0.3) is 5.91 Å². The molecule has 104 valence electrons. The van der Waals surface area contributed by atoms with Crippen LogP contribution in [0.1, 0.15) is 29.9 Å². The molecule has 1 amide bonds. The summed E-state index contributed by atoms with van der Waals surface area (Å²) in [6.07, 6.45) is 3.71. The number of likely N-dealkylation sites (tertiary alicyclic amines) is 1. The highest BCUT2D eigenvalue weighted by atomic mass is 32.2. The Kier molecular flexibility index (Phi) is 4.82. The molecule has 0 aromatic carbocycles. The van der Waals surface area contributed by atoms with Gasteiger partial charge in [-0.25, -0.2) is 0 Å². The molecule has 0 spiro atoms. The Morgan fingerprint density at radius 2 is 2.32 bits per heavy atom. The molecule has 1 aliphatic rings. The van der Waals surface area contributed by atoms with Gasteiger partial charge in [0.15, 0.2) is 0 Å². The topological polar surface area (TPSA) is 45.2 Å². The lowest BCUT2D eigenvalue weighted by molar-refractivity contribution is 0.0709. The fraction of sp³-hybridized carbons (Fsp3) is 0.571. The molecule has 0 aliphatic carbocycles. The number of nitrogens with zero attached hydrogens (tertiary/aromatic N) is 2. The lowest BCUT2D eigenvalue weighted by Crippen LogP contribution is -2.61. The summed E-state index contributed by atoms with van der Waals surface area (Å²) in [6.45, 7) is 6.23. The van der Waals surface area contributed by atoms with Gasteiger partial charge in [-0.15, -0.1) is 0 Å². The molecule has 1 aromatic heterocycles. The van der Waals surface area contributed by atoms with E-state index in [1.807, 2.05) is 18.4 Å². The van der Waals surface area contributed by atoms with Crippen LogP contribution in [-0.2, 0) is 5.75 Å². The number of nitrogens with one attached hydrogen (secondary N) is 1. The second-order valence-electron chi connectivity index (χ2n) is 5.16. The van der Waals surface area contributed by atoms with Gasteiger partial charge in [0.05, 0.1) is 6.04 Å². The molecule has 0 atom stereocenters. The van der Waals surface area contributed by atoms with Crippen LogP contribution in [0, 0.1) is 0 Å². The van der Waals surface area contributed by atoms with E-state index in [4.69, 9.17) is 0 Å². The Balaban J connectivity index is 1.94. The minimum absolute atomic E-state index is 0.0435. The van der Waals surface area contributed by atoms with Crippen LogP contribution in [0.3, 0.4) is 0 Å². The Bertz CT molecular complexity index is 444. The predicted molar refractivity (Wildman–Crippen MR) is 79.4 cm³/mol. The number of amides is 1. The van der Waals surface area contributed by atoms with Crippen LogP contribution in [-0.4, -0.2) is 47.2 Å². The number of aromatic nitrogens is 1. The lowest BCUT2D eigenvalue weighted by atomic mass is 10.1.